The largest absolute Gasteiger partial charge is 0.0587 e. The molecule has 0 heteroatoms. The van der Waals surface area contributed by atoms with Crippen molar-refractivity contribution >= 4 is 0 Å². The number of hydrogen-bond acceptors (Lipinski definition) is 0. The zero-order chi connectivity index (χ0) is 14.7. The van der Waals surface area contributed by atoms with E-state index < -0.39 is 0 Å². The van der Waals surface area contributed by atoms with Crippen LogP contribution in [-0.4, -0.2) is 0 Å². The molecule has 0 aliphatic heterocycles. The molecular formula is C20H24. The predicted molar refractivity (Wildman–Crippen MR) is 87.4 cm³/mol. The summed E-state index contributed by atoms with van der Waals surface area (Å²) < 4.78 is 0. The smallest absolute Gasteiger partial charge is 0.000558 e. The fourth-order valence-corrected chi connectivity index (χ4v) is 3.49. The lowest BCUT2D eigenvalue weighted by molar-refractivity contribution is 0.299. The van der Waals surface area contributed by atoms with Gasteiger partial charge >= 0.3 is 0 Å². The fraction of sp³-hybridized carbons (Fsp3) is 0.400. The van der Waals surface area contributed by atoms with Crippen LogP contribution < -0.4 is 0 Å². The van der Waals surface area contributed by atoms with E-state index in [1.165, 1.54) is 33.4 Å². The molecule has 0 fully saturated rings. The molecule has 0 atom stereocenters. The van der Waals surface area contributed by atoms with Crippen LogP contribution in [0.4, 0.5) is 0 Å². The van der Waals surface area contributed by atoms with Crippen molar-refractivity contribution in [1.29, 1.82) is 0 Å². The van der Waals surface area contributed by atoms with Gasteiger partial charge in [-0.05, 0) is 46.9 Å². The molecule has 0 saturated carbocycles. The van der Waals surface area contributed by atoms with Crippen LogP contribution in [0.2, 0.25) is 0 Å². The van der Waals surface area contributed by atoms with Crippen LogP contribution in [0.15, 0.2) is 36.4 Å². The summed E-state index contributed by atoms with van der Waals surface area (Å²) >= 11 is 0. The van der Waals surface area contributed by atoms with Crippen LogP contribution in [0, 0.1) is 13.8 Å². The minimum absolute atomic E-state index is 0.134. The highest BCUT2D eigenvalue weighted by atomic mass is 14.5. The van der Waals surface area contributed by atoms with Crippen LogP contribution in [0.5, 0.6) is 0 Å². The second-order valence-electron chi connectivity index (χ2n) is 7.35. The fourth-order valence-electron chi connectivity index (χ4n) is 3.49. The van der Waals surface area contributed by atoms with E-state index in [9.17, 15) is 0 Å². The van der Waals surface area contributed by atoms with Gasteiger partial charge < -0.3 is 0 Å². The van der Waals surface area contributed by atoms with Crippen molar-refractivity contribution in [2.75, 3.05) is 0 Å². The summed E-state index contributed by atoms with van der Waals surface area (Å²) in [6.07, 6.45) is 0. The number of fused-ring (bicyclic) bond motifs is 3. The molecule has 2 aromatic carbocycles. The third-order valence-electron chi connectivity index (χ3n) is 5.55. The summed E-state index contributed by atoms with van der Waals surface area (Å²) in [5.74, 6) is 0. The van der Waals surface area contributed by atoms with E-state index in [2.05, 4.69) is 77.9 Å². The number of benzene rings is 2. The molecule has 0 spiro atoms. The Morgan fingerprint density at radius 3 is 1.30 bits per heavy atom. The number of hydrogen-bond donors (Lipinski definition) is 0. The first-order chi connectivity index (χ1) is 9.25. The normalized spacial score (nSPS) is 18.3. The van der Waals surface area contributed by atoms with E-state index in [4.69, 9.17) is 0 Å². The standard InChI is InChI=1S/C20H24/c1-13-7-9-15-16-10-8-14(2)12-18(16)20(5,6)19(3,4)17(15)11-13/h7-12H,1-6H3. The molecule has 0 unspecified atom stereocenters. The lowest BCUT2D eigenvalue weighted by atomic mass is 9.55. The zero-order valence-corrected chi connectivity index (χ0v) is 13.5. The van der Waals surface area contributed by atoms with Gasteiger partial charge in [-0.3, -0.25) is 0 Å². The quantitative estimate of drug-likeness (QED) is 0.586. The Balaban J connectivity index is 2.43. The van der Waals surface area contributed by atoms with Crippen molar-refractivity contribution < 1.29 is 0 Å². The molecule has 3 rings (SSSR count). The molecule has 0 N–H and O–H groups in total. The molecule has 0 amide bonds. The van der Waals surface area contributed by atoms with Crippen molar-refractivity contribution in [3.05, 3.63) is 58.7 Å². The molecule has 104 valence electrons. The first kappa shape index (κ1) is 13.4. The first-order valence-electron chi connectivity index (χ1n) is 7.48. The second kappa shape index (κ2) is 3.97. The van der Waals surface area contributed by atoms with Crippen LogP contribution in [0.25, 0.3) is 11.1 Å². The summed E-state index contributed by atoms with van der Waals surface area (Å²) in [5, 5.41) is 0. The Morgan fingerprint density at radius 1 is 0.600 bits per heavy atom. The first-order valence-corrected chi connectivity index (χ1v) is 7.48. The van der Waals surface area contributed by atoms with E-state index in [-0.39, 0.29) is 10.8 Å². The van der Waals surface area contributed by atoms with E-state index in [0.717, 1.165) is 0 Å². The van der Waals surface area contributed by atoms with Crippen molar-refractivity contribution in [3.8, 4) is 11.1 Å². The molecule has 1 aliphatic carbocycles. The molecule has 0 bridgehead atoms. The van der Waals surface area contributed by atoms with Gasteiger partial charge in [0.05, 0.1) is 0 Å². The van der Waals surface area contributed by atoms with E-state index >= 15 is 0 Å². The van der Waals surface area contributed by atoms with E-state index in [1.807, 2.05) is 0 Å². The van der Waals surface area contributed by atoms with Gasteiger partial charge in [-0.15, -0.1) is 0 Å². The minimum Gasteiger partial charge on any atom is -0.0587 e. The Morgan fingerprint density at radius 2 is 0.950 bits per heavy atom. The summed E-state index contributed by atoms with van der Waals surface area (Å²) in [4.78, 5) is 0. The maximum absolute atomic E-state index is 2.39. The van der Waals surface area contributed by atoms with Gasteiger partial charge in [-0.1, -0.05) is 75.2 Å². The van der Waals surface area contributed by atoms with Gasteiger partial charge in [0, 0.05) is 0 Å². The molecular weight excluding hydrogens is 240 g/mol. The molecule has 20 heavy (non-hydrogen) atoms. The topological polar surface area (TPSA) is 0 Å². The molecule has 0 saturated heterocycles. The van der Waals surface area contributed by atoms with Gasteiger partial charge in [0.15, 0.2) is 0 Å². The van der Waals surface area contributed by atoms with Crippen LogP contribution in [-0.2, 0) is 10.8 Å². The van der Waals surface area contributed by atoms with E-state index in [0.29, 0.717) is 0 Å². The molecule has 1 aliphatic rings. The lowest BCUT2D eigenvalue weighted by Crippen LogP contribution is -2.43. The molecule has 0 heterocycles. The Kier molecular flexibility index (Phi) is 2.67. The molecule has 0 nitrogen and oxygen atoms in total. The Bertz CT molecular complexity index is 626. The molecule has 2 aromatic rings. The van der Waals surface area contributed by atoms with E-state index in [1.54, 1.807) is 0 Å². The second-order valence-corrected chi connectivity index (χ2v) is 7.35. The van der Waals surface area contributed by atoms with Crippen LogP contribution in [0.1, 0.15) is 49.9 Å². The minimum atomic E-state index is 0.134. The summed E-state index contributed by atoms with van der Waals surface area (Å²) in [5.41, 5.74) is 8.76. The highest BCUT2D eigenvalue weighted by molar-refractivity contribution is 5.78. The van der Waals surface area contributed by atoms with Crippen molar-refractivity contribution in [2.45, 2.75) is 52.4 Å². The molecule has 0 aromatic heterocycles. The Labute approximate surface area is 122 Å². The average molecular weight is 264 g/mol. The third-order valence-corrected chi connectivity index (χ3v) is 5.55. The maximum atomic E-state index is 2.39. The van der Waals surface area contributed by atoms with Gasteiger partial charge in [0.1, 0.15) is 0 Å². The zero-order valence-electron chi connectivity index (χ0n) is 13.5. The highest BCUT2D eigenvalue weighted by Crippen LogP contribution is 2.53. The lowest BCUT2D eigenvalue weighted by Gasteiger charge is -2.48. The Hall–Kier alpha value is -1.56. The van der Waals surface area contributed by atoms with Crippen LogP contribution >= 0.6 is 0 Å². The summed E-state index contributed by atoms with van der Waals surface area (Å²) in [7, 11) is 0. The SMILES string of the molecule is Cc1ccc2c(c1)C(C)(C)C(C)(C)c1cc(C)ccc1-2. The van der Waals surface area contributed by atoms with Gasteiger partial charge in [0.25, 0.3) is 0 Å². The van der Waals surface area contributed by atoms with Gasteiger partial charge in [-0.25, -0.2) is 0 Å². The third kappa shape index (κ3) is 1.60. The number of aryl methyl sites for hydroxylation is 2. The average Bonchev–Trinajstić information content (AvgIpc) is 2.37. The van der Waals surface area contributed by atoms with Gasteiger partial charge in [0.2, 0.25) is 0 Å². The van der Waals surface area contributed by atoms with Crippen molar-refractivity contribution in [3.63, 3.8) is 0 Å². The van der Waals surface area contributed by atoms with Crippen LogP contribution in [0.3, 0.4) is 0 Å². The van der Waals surface area contributed by atoms with Crippen molar-refractivity contribution in [2.24, 2.45) is 0 Å². The monoisotopic (exact) mass is 264 g/mol. The highest BCUT2D eigenvalue weighted by Gasteiger charge is 2.45. The predicted octanol–water partition coefficient (Wildman–Crippen LogP) is 5.54. The van der Waals surface area contributed by atoms with Gasteiger partial charge in [-0.2, -0.15) is 0 Å². The number of rotatable bonds is 0. The summed E-state index contributed by atoms with van der Waals surface area (Å²) in [6.45, 7) is 13.9. The summed E-state index contributed by atoms with van der Waals surface area (Å²) in [6, 6.07) is 13.8. The maximum Gasteiger partial charge on any atom is -0.000558 e. The van der Waals surface area contributed by atoms with Crippen molar-refractivity contribution in [1.82, 2.24) is 0 Å². The molecule has 0 radical (unpaired) electrons.